The number of halogens is 1. The number of hydrazone groups is 1. The van der Waals surface area contributed by atoms with Crippen molar-refractivity contribution >= 4 is 40.5 Å². The van der Waals surface area contributed by atoms with Gasteiger partial charge >= 0.3 is 0 Å². The zero-order chi connectivity index (χ0) is 24.8. The first-order valence-electron chi connectivity index (χ1n) is 11.4. The maximum atomic E-state index is 12.9. The number of hydrogen-bond donors (Lipinski definition) is 2. The fourth-order valence-electron chi connectivity index (χ4n) is 3.92. The predicted octanol–water partition coefficient (Wildman–Crippen LogP) is 5.25. The van der Waals surface area contributed by atoms with Gasteiger partial charge < -0.3 is 9.88 Å². The van der Waals surface area contributed by atoms with Gasteiger partial charge in [0, 0.05) is 29.2 Å². The molecule has 0 bridgehead atoms. The van der Waals surface area contributed by atoms with E-state index in [9.17, 15) is 9.59 Å². The lowest BCUT2D eigenvalue weighted by Gasteiger charge is -2.20. The van der Waals surface area contributed by atoms with Gasteiger partial charge in [-0.15, -0.1) is 0 Å². The molecule has 178 valence electrons. The SMILES string of the molecule is CC(C)C(NC(=O)c1ccccc1Cl)C(=O)NN=Cc1cn(Cc2ccccc2)c2ccccc12. The first-order chi connectivity index (χ1) is 16.9. The topological polar surface area (TPSA) is 75.5 Å². The third kappa shape index (κ3) is 5.78. The fourth-order valence-corrected chi connectivity index (χ4v) is 4.14. The molecule has 0 aliphatic carbocycles. The lowest BCUT2D eigenvalue weighted by molar-refractivity contribution is -0.123. The van der Waals surface area contributed by atoms with Crippen LogP contribution in [-0.2, 0) is 11.3 Å². The number of rotatable bonds is 8. The van der Waals surface area contributed by atoms with Gasteiger partial charge in [0.15, 0.2) is 0 Å². The molecule has 0 saturated heterocycles. The van der Waals surface area contributed by atoms with Gasteiger partial charge in [0.1, 0.15) is 6.04 Å². The molecule has 1 heterocycles. The van der Waals surface area contributed by atoms with Gasteiger partial charge in [0.05, 0.1) is 16.8 Å². The van der Waals surface area contributed by atoms with Crippen molar-refractivity contribution in [1.29, 1.82) is 0 Å². The number of aromatic nitrogens is 1. The van der Waals surface area contributed by atoms with E-state index in [1.54, 1.807) is 30.5 Å². The first kappa shape index (κ1) is 24.2. The number of nitrogens with one attached hydrogen (secondary N) is 2. The number of nitrogens with zero attached hydrogens (tertiary/aromatic N) is 2. The number of amides is 2. The van der Waals surface area contributed by atoms with E-state index < -0.39 is 17.9 Å². The van der Waals surface area contributed by atoms with E-state index in [-0.39, 0.29) is 5.92 Å². The molecule has 4 aromatic rings. The molecule has 3 aromatic carbocycles. The first-order valence-corrected chi connectivity index (χ1v) is 11.8. The number of para-hydroxylation sites is 1. The molecule has 7 heteroatoms. The largest absolute Gasteiger partial charge is 0.342 e. The van der Waals surface area contributed by atoms with E-state index in [0.717, 1.165) is 23.0 Å². The minimum Gasteiger partial charge on any atom is -0.342 e. The van der Waals surface area contributed by atoms with Crippen LogP contribution in [-0.4, -0.2) is 28.6 Å². The standard InChI is InChI=1S/C28H27ClN4O2/c1-19(2)26(31-27(34)23-13-6-8-14-24(23)29)28(35)32-30-16-21-18-33(17-20-10-4-3-5-11-20)25-15-9-7-12-22(21)25/h3-16,18-19,26H,17H2,1-2H3,(H,31,34)(H,32,35). The van der Waals surface area contributed by atoms with Crippen molar-refractivity contribution in [1.82, 2.24) is 15.3 Å². The molecule has 0 radical (unpaired) electrons. The van der Waals surface area contributed by atoms with E-state index in [1.807, 2.05) is 56.4 Å². The van der Waals surface area contributed by atoms with Gasteiger partial charge in [-0.1, -0.05) is 86.1 Å². The van der Waals surface area contributed by atoms with E-state index in [0.29, 0.717) is 10.6 Å². The van der Waals surface area contributed by atoms with Crippen molar-refractivity contribution in [2.75, 3.05) is 0 Å². The Labute approximate surface area is 209 Å². The highest BCUT2D eigenvalue weighted by atomic mass is 35.5. The van der Waals surface area contributed by atoms with Crippen molar-refractivity contribution in [2.24, 2.45) is 11.0 Å². The maximum Gasteiger partial charge on any atom is 0.262 e. The van der Waals surface area contributed by atoms with Crippen LogP contribution in [0.2, 0.25) is 5.02 Å². The molecule has 6 nitrogen and oxygen atoms in total. The third-order valence-corrected chi connectivity index (χ3v) is 6.08. The monoisotopic (exact) mass is 486 g/mol. The molecule has 35 heavy (non-hydrogen) atoms. The Balaban J connectivity index is 1.48. The van der Waals surface area contributed by atoms with Crippen molar-refractivity contribution in [3.63, 3.8) is 0 Å². The zero-order valence-electron chi connectivity index (χ0n) is 19.6. The third-order valence-electron chi connectivity index (χ3n) is 5.75. The molecule has 0 spiro atoms. The molecular formula is C28H27ClN4O2. The highest BCUT2D eigenvalue weighted by molar-refractivity contribution is 6.33. The molecule has 2 amide bonds. The Hall–Kier alpha value is -3.90. The summed E-state index contributed by atoms with van der Waals surface area (Å²) in [6.07, 6.45) is 3.65. The van der Waals surface area contributed by atoms with Crippen LogP contribution in [0.25, 0.3) is 10.9 Å². The highest BCUT2D eigenvalue weighted by Crippen LogP contribution is 2.21. The quantitative estimate of drug-likeness (QED) is 0.264. The second-order valence-corrected chi connectivity index (χ2v) is 9.03. The Bertz CT molecular complexity index is 1360. The Kier molecular flexibility index (Phi) is 7.63. The molecule has 0 fully saturated rings. The second-order valence-electron chi connectivity index (χ2n) is 8.62. The summed E-state index contributed by atoms with van der Waals surface area (Å²) in [5.74, 6) is -0.952. The Morgan fingerprint density at radius 2 is 1.66 bits per heavy atom. The average molecular weight is 487 g/mol. The predicted molar refractivity (Wildman–Crippen MR) is 141 cm³/mol. The van der Waals surface area contributed by atoms with E-state index in [1.165, 1.54) is 5.56 Å². The summed E-state index contributed by atoms with van der Waals surface area (Å²) in [5, 5.41) is 8.33. The Morgan fingerprint density at radius 3 is 2.40 bits per heavy atom. The summed E-state index contributed by atoms with van der Waals surface area (Å²) in [6, 6.07) is 24.3. The molecule has 1 atom stereocenters. The van der Waals surface area contributed by atoms with Crippen molar-refractivity contribution in [3.8, 4) is 0 Å². The average Bonchev–Trinajstić information content (AvgIpc) is 3.20. The maximum absolute atomic E-state index is 12.9. The molecule has 0 saturated carbocycles. The summed E-state index contributed by atoms with van der Waals surface area (Å²) in [4.78, 5) is 25.5. The van der Waals surface area contributed by atoms with Crippen LogP contribution in [0.15, 0.2) is 90.2 Å². The number of carbonyl (C=O) groups is 2. The van der Waals surface area contributed by atoms with Crippen LogP contribution in [0.5, 0.6) is 0 Å². The van der Waals surface area contributed by atoms with Gasteiger partial charge in [-0.25, -0.2) is 5.43 Å². The van der Waals surface area contributed by atoms with E-state index >= 15 is 0 Å². The number of carbonyl (C=O) groups excluding carboxylic acids is 2. The number of fused-ring (bicyclic) bond motifs is 1. The highest BCUT2D eigenvalue weighted by Gasteiger charge is 2.25. The van der Waals surface area contributed by atoms with E-state index in [4.69, 9.17) is 11.6 Å². The van der Waals surface area contributed by atoms with Crippen molar-refractivity contribution in [3.05, 3.63) is 107 Å². The van der Waals surface area contributed by atoms with Crippen LogP contribution in [0.1, 0.15) is 35.3 Å². The molecule has 1 unspecified atom stereocenters. The van der Waals surface area contributed by atoms with E-state index in [2.05, 4.69) is 38.6 Å². The van der Waals surface area contributed by atoms with Gasteiger partial charge in [-0.3, -0.25) is 9.59 Å². The molecule has 1 aromatic heterocycles. The molecule has 0 aliphatic heterocycles. The minimum absolute atomic E-state index is 0.149. The number of benzene rings is 3. The normalized spacial score (nSPS) is 12.2. The smallest absolute Gasteiger partial charge is 0.262 e. The van der Waals surface area contributed by atoms with Crippen LogP contribution in [0.3, 0.4) is 0 Å². The van der Waals surface area contributed by atoms with Crippen LogP contribution < -0.4 is 10.7 Å². The van der Waals surface area contributed by atoms with Crippen molar-refractivity contribution < 1.29 is 9.59 Å². The molecular weight excluding hydrogens is 460 g/mol. The van der Waals surface area contributed by atoms with Crippen molar-refractivity contribution in [2.45, 2.75) is 26.4 Å². The fraction of sp³-hybridized carbons (Fsp3) is 0.179. The summed E-state index contributed by atoms with van der Waals surface area (Å²) in [7, 11) is 0. The minimum atomic E-state index is -0.768. The second kappa shape index (κ2) is 11.0. The zero-order valence-corrected chi connectivity index (χ0v) is 20.4. The van der Waals surface area contributed by atoms with Gasteiger partial charge in [-0.2, -0.15) is 5.10 Å². The van der Waals surface area contributed by atoms with Crippen LogP contribution in [0.4, 0.5) is 0 Å². The lowest BCUT2D eigenvalue weighted by Crippen LogP contribution is -2.48. The van der Waals surface area contributed by atoms with Crippen LogP contribution >= 0.6 is 11.6 Å². The van der Waals surface area contributed by atoms with Gasteiger partial charge in [0.2, 0.25) is 0 Å². The summed E-state index contributed by atoms with van der Waals surface area (Å²) >= 11 is 6.13. The molecule has 2 N–H and O–H groups in total. The summed E-state index contributed by atoms with van der Waals surface area (Å²) in [6.45, 7) is 4.45. The van der Waals surface area contributed by atoms with Gasteiger partial charge in [-0.05, 0) is 29.7 Å². The van der Waals surface area contributed by atoms with Crippen LogP contribution in [0, 0.1) is 5.92 Å². The molecule has 4 rings (SSSR count). The summed E-state index contributed by atoms with van der Waals surface area (Å²) < 4.78 is 2.16. The lowest BCUT2D eigenvalue weighted by atomic mass is 10.0. The Morgan fingerprint density at radius 1 is 0.971 bits per heavy atom. The molecule has 0 aliphatic rings. The number of hydrogen-bond acceptors (Lipinski definition) is 3. The summed E-state index contributed by atoms with van der Waals surface area (Å²) in [5.41, 5.74) is 6.06. The van der Waals surface area contributed by atoms with Gasteiger partial charge in [0.25, 0.3) is 11.8 Å².